The van der Waals surface area contributed by atoms with Crippen molar-refractivity contribution in [1.29, 1.82) is 0 Å². The zero-order chi connectivity index (χ0) is 32.7. The maximum Gasteiger partial charge on any atom is 0.259 e. The van der Waals surface area contributed by atoms with Gasteiger partial charge in [0, 0.05) is 42.8 Å². The van der Waals surface area contributed by atoms with Crippen LogP contribution in [0.4, 0.5) is 18.9 Å². The van der Waals surface area contributed by atoms with E-state index in [9.17, 15) is 38.1 Å². The Morgan fingerprint density at radius 2 is 1.82 bits per heavy atom. The van der Waals surface area contributed by atoms with Gasteiger partial charge >= 0.3 is 0 Å². The predicted molar refractivity (Wildman–Crippen MR) is 155 cm³/mol. The summed E-state index contributed by atoms with van der Waals surface area (Å²) in [6.07, 6.45) is -5.49. The van der Waals surface area contributed by atoms with Crippen molar-refractivity contribution in [1.82, 2.24) is 19.9 Å². The molecule has 5 rings (SSSR count). The highest BCUT2D eigenvalue weighted by Gasteiger charge is 2.52. The Balaban J connectivity index is 1.56. The number of ether oxygens (including phenoxy) is 2. The Morgan fingerprint density at radius 1 is 1.13 bits per heavy atom. The average Bonchev–Trinajstić information content (AvgIpc) is 3.62. The van der Waals surface area contributed by atoms with Gasteiger partial charge in [-0.3, -0.25) is 9.59 Å². The number of aromatic nitrogens is 3. The number of anilines is 1. The van der Waals surface area contributed by atoms with Gasteiger partial charge in [0.25, 0.3) is 5.91 Å². The van der Waals surface area contributed by atoms with Crippen molar-refractivity contribution in [3.63, 3.8) is 0 Å². The third-order valence-electron chi connectivity index (χ3n) is 8.06. The molecule has 7 atom stereocenters. The van der Waals surface area contributed by atoms with Crippen LogP contribution in [0.5, 0.6) is 0 Å². The van der Waals surface area contributed by atoms with E-state index in [-0.39, 0.29) is 30.3 Å². The Kier molecular flexibility index (Phi) is 9.62. The Morgan fingerprint density at radius 3 is 2.40 bits per heavy atom. The highest BCUT2D eigenvalue weighted by atomic mass is 79.9. The first-order valence-electron chi connectivity index (χ1n) is 13.9. The van der Waals surface area contributed by atoms with Crippen LogP contribution in [-0.2, 0) is 19.1 Å². The van der Waals surface area contributed by atoms with Crippen LogP contribution in [0.25, 0.3) is 11.3 Å². The summed E-state index contributed by atoms with van der Waals surface area (Å²) >= 11 is 3.44. The third kappa shape index (κ3) is 6.35. The summed E-state index contributed by atoms with van der Waals surface area (Å²) in [5.41, 5.74) is 0.952. The lowest BCUT2D eigenvalue weighted by atomic mass is 9.91. The van der Waals surface area contributed by atoms with Crippen molar-refractivity contribution in [2.24, 2.45) is 0 Å². The molecule has 16 heteroatoms. The highest BCUT2D eigenvalue weighted by molar-refractivity contribution is 9.10. The van der Waals surface area contributed by atoms with Crippen molar-refractivity contribution < 1.29 is 47.6 Å². The second-order valence-corrected chi connectivity index (χ2v) is 12.0. The van der Waals surface area contributed by atoms with E-state index in [4.69, 9.17) is 9.47 Å². The number of aliphatic hydroxyl groups excluding tert-OH is 3. The first-order chi connectivity index (χ1) is 21.3. The van der Waals surface area contributed by atoms with Crippen molar-refractivity contribution in [3.05, 3.63) is 64.0 Å². The van der Waals surface area contributed by atoms with Crippen molar-refractivity contribution in [3.8, 4) is 11.3 Å². The second kappa shape index (κ2) is 13.1. The number of hydrogen-bond acceptors (Lipinski definition) is 9. The van der Waals surface area contributed by atoms with E-state index >= 15 is 0 Å². The minimum atomic E-state index is -1.65. The molecule has 2 fully saturated rings. The smallest absolute Gasteiger partial charge is 0.259 e. The molecule has 0 saturated carbocycles. The van der Waals surface area contributed by atoms with Crippen molar-refractivity contribution in [2.45, 2.75) is 56.5 Å². The van der Waals surface area contributed by atoms with Crippen LogP contribution in [0.15, 0.2) is 41.0 Å². The van der Waals surface area contributed by atoms with E-state index in [0.717, 1.165) is 22.4 Å². The van der Waals surface area contributed by atoms with Gasteiger partial charge in [0.15, 0.2) is 23.6 Å². The fourth-order valence-corrected chi connectivity index (χ4v) is 6.47. The molecule has 0 aliphatic carbocycles. The van der Waals surface area contributed by atoms with Gasteiger partial charge in [-0.15, -0.1) is 5.10 Å². The van der Waals surface area contributed by atoms with E-state index in [0.29, 0.717) is 10.2 Å². The summed E-state index contributed by atoms with van der Waals surface area (Å²) in [5, 5.41) is 40.3. The molecular weight excluding hydrogens is 667 g/mol. The van der Waals surface area contributed by atoms with E-state index < -0.39 is 72.6 Å². The lowest BCUT2D eigenvalue weighted by molar-refractivity contribution is -0.211. The maximum atomic E-state index is 14.5. The van der Waals surface area contributed by atoms with E-state index in [1.807, 2.05) is 13.0 Å². The molecule has 2 aromatic carbocycles. The molecule has 242 valence electrons. The minimum absolute atomic E-state index is 0.0110. The molecule has 3 N–H and O–H groups in total. The van der Waals surface area contributed by atoms with Crippen LogP contribution in [-0.4, -0.2) is 110 Å². The van der Waals surface area contributed by atoms with Crippen LogP contribution >= 0.6 is 15.9 Å². The third-order valence-corrected chi connectivity index (χ3v) is 8.51. The molecule has 2 aliphatic rings. The van der Waals surface area contributed by atoms with E-state index in [1.54, 1.807) is 12.1 Å². The maximum absolute atomic E-state index is 14.5. The molecule has 2 amide bonds. The lowest BCUT2D eigenvalue weighted by Gasteiger charge is -2.45. The first-order valence-corrected chi connectivity index (χ1v) is 14.7. The molecule has 3 heterocycles. The highest BCUT2D eigenvalue weighted by Crippen LogP contribution is 2.36. The topological polar surface area (TPSA) is 150 Å². The minimum Gasteiger partial charge on any atom is -0.394 e. The van der Waals surface area contributed by atoms with Gasteiger partial charge < -0.3 is 34.6 Å². The first kappa shape index (κ1) is 33.0. The molecule has 45 heavy (non-hydrogen) atoms. The quantitative estimate of drug-likeness (QED) is 0.314. The van der Waals surface area contributed by atoms with Crippen LogP contribution in [0.1, 0.15) is 18.5 Å². The summed E-state index contributed by atoms with van der Waals surface area (Å²) in [7, 11) is 1.27. The van der Waals surface area contributed by atoms with Gasteiger partial charge in [0.1, 0.15) is 30.0 Å². The summed E-state index contributed by atoms with van der Waals surface area (Å²) in [5.74, 6) is -5.52. The molecular formula is C29H31BrF3N5O7. The standard InChI is InChI=1S/C29H31BrF3N5O7/c1-13-4-16(30)8-17(5-13)38(21-10-36(14(2)40)11-22(21)41)29(43)28-27(44-3)25(26(42)23(12-39)45-28)37-9-20(34-35-37)15-6-18(31)24(33)19(32)7-15/h4-9,21-23,25-28,39,41-42H,10-12H2,1-3H3/t21-,22-,23-,25+,26+,27-,28-/m1/s1. The number of aryl methyl sites for hydroxylation is 1. The molecule has 0 spiro atoms. The van der Waals surface area contributed by atoms with Crippen LogP contribution < -0.4 is 4.90 Å². The zero-order valence-corrected chi connectivity index (χ0v) is 25.9. The summed E-state index contributed by atoms with van der Waals surface area (Å²) in [6.45, 7) is 2.46. The number of benzene rings is 2. The summed E-state index contributed by atoms with van der Waals surface area (Å²) in [6, 6.07) is 4.56. The number of hydrogen-bond donors (Lipinski definition) is 3. The number of β-amino-alcohol motifs (C(OH)–C–C–N with tert-alkyl or cyclic N) is 1. The molecule has 1 aromatic heterocycles. The normalized spacial score (nSPS) is 26.7. The van der Waals surface area contributed by atoms with Gasteiger partial charge in [-0.05, 0) is 42.8 Å². The number of rotatable bonds is 7. The number of carbonyl (C=O) groups is 2. The van der Waals surface area contributed by atoms with Gasteiger partial charge in [-0.25, -0.2) is 17.9 Å². The SMILES string of the molecule is CO[C@@H]1[C@@H](n2cc(-c3cc(F)c(F)c(F)c3)nn2)[C@@H](O)[C@@H](CO)O[C@H]1C(=O)N(c1cc(C)cc(Br)c1)[C@@H]1CN(C(C)=O)C[C@H]1O. The number of aliphatic hydroxyl groups is 3. The molecule has 0 bridgehead atoms. The fraction of sp³-hybridized carbons (Fsp3) is 0.448. The van der Waals surface area contributed by atoms with Crippen molar-refractivity contribution in [2.75, 3.05) is 31.7 Å². The number of likely N-dealkylation sites (tertiary alicyclic amines) is 1. The number of methoxy groups -OCH3 is 1. The van der Waals surface area contributed by atoms with Crippen molar-refractivity contribution >= 4 is 33.4 Å². The van der Waals surface area contributed by atoms with Crippen LogP contribution in [0.2, 0.25) is 0 Å². The van der Waals surface area contributed by atoms with E-state index in [2.05, 4.69) is 26.2 Å². The average molecular weight is 698 g/mol. The number of carbonyl (C=O) groups excluding carboxylic acids is 2. The van der Waals surface area contributed by atoms with Gasteiger partial charge in [-0.2, -0.15) is 0 Å². The fourth-order valence-electron chi connectivity index (χ4n) is 5.87. The Hall–Kier alpha value is -3.41. The predicted octanol–water partition coefficient (Wildman–Crippen LogP) is 1.73. The largest absolute Gasteiger partial charge is 0.394 e. The lowest BCUT2D eigenvalue weighted by Crippen LogP contribution is -2.63. The van der Waals surface area contributed by atoms with Gasteiger partial charge in [0.05, 0.1) is 24.9 Å². The second-order valence-electron chi connectivity index (χ2n) is 11.1. The van der Waals surface area contributed by atoms with E-state index in [1.165, 1.54) is 30.0 Å². The number of amides is 2. The summed E-state index contributed by atoms with van der Waals surface area (Å²) < 4.78 is 54.8. The molecule has 12 nitrogen and oxygen atoms in total. The Labute approximate surface area is 264 Å². The number of halogens is 4. The Bertz CT molecular complexity index is 1550. The van der Waals surface area contributed by atoms with Crippen LogP contribution in [0, 0.1) is 24.4 Å². The van der Waals surface area contributed by atoms with Crippen LogP contribution in [0.3, 0.4) is 0 Å². The molecule has 0 radical (unpaired) electrons. The molecule has 3 aromatic rings. The van der Waals surface area contributed by atoms with Gasteiger partial charge in [0.2, 0.25) is 5.91 Å². The molecule has 2 saturated heterocycles. The number of nitrogens with zero attached hydrogens (tertiary/aromatic N) is 5. The summed E-state index contributed by atoms with van der Waals surface area (Å²) in [4.78, 5) is 29.5. The van der Waals surface area contributed by atoms with Gasteiger partial charge in [-0.1, -0.05) is 21.1 Å². The monoisotopic (exact) mass is 697 g/mol. The molecule has 2 aliphatic heterocycles. The molecule has 0 unspecified atom stereocenters. The zero-order valence-electron chi connectivity index (χ0n) is 24.3.